The van der Waals surface area contributed by atoms with Crippen LogP contribution in [-0.4, -0.2) is 10.4 Å². The Morgan fingerprint density at radius 1 is 0.760 bits per heavy atom. The second kappa shape index (κ2) is 6.89. The normalized spacial score (nSPS) is 22.0. The third-order valence-corrected chi connectivity index (χ3v) is 19.1. The number of rotatable bonds is 2. The molecule has 0 amide bonds. The molecule has 0 bridgehead atoms. The van der Waals surface area contributed by atoms with Gasteiger partial charge in [0, 0.05) is 10.4 Å². The molecule has 25 heavy (non-hydrogen) atoms. The van der Waals surface area contributed by atoms with Gasteiger partial charge in [-0.05, 0) is 37.9 Å². The van der Waals surface area contributed by atoms with Crippen molar-refractivity contribution in [1.82, 2.24) is 0 Å². The molecule has 132 valence electrons. The lowest BCUT2D eigenvalue weighted by Crippen LogP contribution is -2.32. The van der Waals surface area contributed by atoms with Gasteiger partial charge in [0.1, 0.15) is 23.0 Å². The Kier molecular flexibility index (Phi) is 5.30. The van der Waals surface area contributed by atoms with Crippen molar-refractivity contribution in [2.45, 2.75) is 46.9 Å². The highest BCUT2D eigenvalue weighted by Gasteiger charge is 2.59. The van der Waals surface area contributed by atoms with E-state index in [2.05, 4.69) is 102 Å². The summed E-state index contributed by atoms with van der Waals surface area (Å²) >= 11 is 0. The molecule has 1 aliphatic heterocycles. The molecule has 1 heterocycles. The largest absolute Gasteiger partial charge is 0.127 e. The third-order valence-electron chi connectivity index (χ3n) is 4.71. The lowest BCUT2D eigenvalue weighted by molar-refractivity contribution is 0.456. The van der Waals surface area contributed by atoms with Crippen LogP contribution >= 0.6 is 23.4 Å². The van der Waals surface area contributed by atoms with Crippen LogP contribution in [0.1, 0.15) is 41.5 Å². The predicted octanol–water partition coefficient (Wildman–Crippen LogP) is 6.76. The summed E-state index contributed by atoms with van der Waals surface area (Å²) in [4.78, 5) is 0. The summed E-state index contributed by atoms with van der Waals surface area (Å²) in [5, 5.41) is 5.63. The summed E-state index contributed by atoms with van der Waals surface area (Å²) < 4.78 is 0. The minimum absolute atomic E-state index is 0.287. The number of benzene rings is 2. The van der Waals surface area contributed by atoms with Crippen molar-refractivity contribution >= 4 is 39.1 Å². The van der Waals surface area contributed by atoms with Crippen LogP contribution in [0.4, 0.5) is 0 Å². The first-order valence-corrected chi connectivity index (χ1v) is 13.7. The quantitative estimate of drug-likeness (QED) is 0.500. The summed E-state index contributed by atoms with van der Waals surface area (Å²) in [5.74, 6) is 0. The lowest BCUT2D eigenvalue weighted by atomic mass is 10.00. The van der Waals surface area contributed by atoms with Crippen molar-refractivity contribution in [3.05, 3.63) is 60.7 Å². The van der Waals surface area contributed by atoms with Crippen LogP contribution < -0.4 is 10.6 Å². The van der Waals surface area contributed by atoms with Gasteiger partial charge in [-0.2, -0.15) is 0 Å². The monoisotopic (exact) mass is 387 g/mol. The van der Waals surface area contributed by atoms with Gasteiger partial charge in [0.25, 0.3) is 0 Å². The van der Waals surface area contributed by atoms with Crippen LogP contribution in [-0.2, 0) is 0 Å². The molecule has 2 atom stereocenters. The van der Waals surface area contributed by atoms with Crippen molar-refractivity contribution < 1.29 is 0 Å². The first kappa shape index (κ1) is 19.2. The van der Waals surface area contributed by atoms with E-state index in [1.807, 2.05) is 0 Å². The highest BCUT2D eigenvalue weighted by atomic mass is 32.1. The molecule has 0 N–H and O–H groups in total. The molecule has 2 aromatic carbocycles. The molecule has 3 heteroatoms. The molecule has 0 nitrogen and oxygen atoms in total. The van der Waals surface area contributed by atoms with Gasteiger partial charge in [0.05, 0.1) is 8.27 Å². The van der Waals surface area contributed by atoms with Gasteiger partial charge in [-0.3, -0.25) is 0 Å². The first-order chi connectivity index (χ1) is 11.7. The van der Waals surface area contributed by atoms with Crippen LogP contribution in [0.15, 0.2) is 60.7 Å². The SMILES string of the molecule is CC(C)(C)C1=PC(C(C)(C)C)[P+](c2ccccc2)(c2ccccc2)P1. The maximum Gasteiger partial charge on any atom is 0.127 e. The molecule has 0 spiro atoms. The summed E-state index contributed by atoms with van der Waals surface area (Å²) in [6.07, 6.45) is 0. The van der Waals surface area contributed by atoms with Gasteiger partial charge in [0.15, 0.2) is 0 Å². The van der Waals surface area contributed by atoms with E-state index in [1.165, 1.54) is 0 Å². The average molecular weight is 387 g/mol. The van der Waals surface area contributed by atoms with E-state index in [4.69, 9.17) is 0 Å². The fraction of sp³-hybridized carbons (Fsp3) is 0.409. The van der Waals surface area contributed by atoms with Crippen molar-refractivity contribution in [1.29, 1.82) is 0 Å². The van der Waals surface area contributed by atoms with Crippen LogP contribution in [0.3, 0.4) is 0 Å². The van der Waals surface area contributed by atoms with Crippen LogP contribution in [0.5, 0.6) is 0 Å². The van der Waals surface area contributed by atoms with E-state index in [0.717, 1.165) is 8.27 Å². The summed E-state index contributed by atoms with van der Waals surface area (Å²) in [6.45, 7) is 13.1. The molecular formula is C22H30P3+. The highest BCUT2D eigenvalue weighted by Crippen LogP contribution is 2.86. The van der Waals surface area contributed by atoms with E-state index in [1.54, 1.807) is 23.8 Å². The van der Waals surface area contributed by atoms with E-state index in [9.17, 15) is 0 Å². The predicted molar refractivity (Wildman–Crippen MR) is 122 cm³/mol. The molecule has 2 unspecified atom stereocenters. The van der Waals surface area contributed by atoms with Gasteiger partial charge in [0.2, 0.25) is 0 Å². The zero-order chi connectivity index (χ0) is 18.3. The molecular weight excluding hydrogens is 357 g/mol. The topological polar surface area (TPSA) is 0 Å². The Balaban J connectivity index is 2.28. The van der Waals surface area contributed by atoms with Crippen molar-refractivity contribution in [3.63, 3.8) is 0 Å². The molecule has 0 aromatic heterocycles. The fourth-order valence-electron chi connectivity index (χ4n) is 3.49. The van der Waals surface area contributed by atoms with Crippen molar-refractivity contribution in [3.8, 4) is 0 Å². The molecule has 0 radical (unpaired) electrons. The zero-order valence-electron chi connectivity index (χ0n) is 16.2. The number of hydrogen-bond acceptors (Lipinski definition) is 0. The summed E-state index contributed by atoms with van der Waals surface area (Å²) in [5.41, 5.74) is 0.579. The fourth-order valence-corrected chi connectivity index (χ4v) is 19.8. The third kappa shape index (κ3) is 3.65. The highest BCUT2D eigenvalue weighted by molar-refractivity contribution is 8.48. The molecule has 0 saturated carbocycles. The Bertz CT molecular complexity index is 710. The van der Waals surface area contributed by atoms with Crippen LogP contribution in [0.25, 0.3) is 0 Å². The van der Waals surface area contributed by atoms with Crippen LogP contribution in [0.2, 0.25) is 0 Å². The standard InChI is InChI=1S/C22H30P3/c1-21(2,3)19-23-20(22(4,5)6)25(24-19,17-13-9-7-10-14-17)18-15-11-8-12-16-18/h7-16,20,24H,1-6H3/q+1. The second-order valence-electron chi connectivity index (χ2n) is 8.97. The molecule has 3 rings (SSSR count). The maximum atomic E-state index is 2.45. The summed E-state index contributed by atoms with van der Waals surface area (Å²) in [6, 6.07) is 22.8. The Hall–Kier alpha value is -0.530. The second-order valence-corrected chi connectivity index (χ2v) is 17.5. The van der Waals surface area contributed by atoms with E-state index >= 15 is 0 Å². The Morgan fingerprint density at radius 2 is 1.20 bits per heavy atom. The molecule has 0 fully saturated rings. The van der Waals surface area contributed by atoms with Gasteiger partial charge in [-0.15, -0.1) is 0 Å². The average Bonchev–Trinajstić information content (AvgIpc) is 2.99. The molecule has 0 saturated heterocycles. The molecule has 0 aliphatic carbocycles. The van der Waals surface area contributed by atoms with Gasteiger partial charge >= 0.3 is 0 Å². The van der Waals surface area contributed by atoms with Crippen LogP contribution in [0, 0.1) is 10.8 Å². The smallest absolute Gasteiger partial charge is 0.0620 e. The molecule has 1 aliphatic rings. The lowest BCUT2D eigenvalue weighted by Gasteiger charge is -2.35. The molecule has 2 aromatic rings. The first-order valence-electron chi connectivity index (χ1n) is 9.02. The Labute approximate surface area is 157 Å². The number of hydrogen-bond donors (Lipinski definition) is 0. The van der Waals surface area contributed by atoms with Gasteiger partial charge in [-0.25, -0.2) is 0 Å². The van der Waals surface area contributed by atoms with Gasteiger partial charge in [-0.1, -0.05) is 77.9 Å². The van der Waals surface area contributed by atoms with Gasteiger partial charge < -0.3 is 0 Å². The Morgan fingerprint density at radius 3 is 1.56 bits per heavy atom. The van der Waals surface area contributed by atoms with E-state index < -0.39 is 6.95 Å². The van der Waals surface area contributed by atoms with E-state index in [0.29, 0.717) is 10.8 Å². The zero-order valence-corrected chi connectivity index (χ0v) is 19.0. The summed E-state index contributed by atoms with van der Waals surface area (Å²) in [7, 11) is 2.52. The van der Waals surface area contributed by atoms with Crippen molar-refractivity contribution in [2.75, 3.05) is 0 Å². The van der Waals surface area contributed by atoms with E-state index in [-0.39, 0.29) is 5.41 Å². The minimum atomic E-state index is -1.46. The van der Waals surface area contributed by atoms with Crippen molar-refractivity contribution in [2.24, 2.45) is 10.8 Å². The minimum Gasteiger partial charge on any atom is -0.0620 e. The maximum absolute atomic E-state index is 2.45.